The second-order valence-corrected chi connectivity index (χ2v) is 4.99. The predicted octanol–water partition coefficient (Wildman–Crippen LogP) is 4.50. The summed E-state index contributed by atoms with van der Waals surface area (Å²) in [7, 11) is 0. The molecule has 0 fully saturated rings. The number of nitrogens with one attached hydrogen (secondary N) is 1. The fraction of sp³-hybridized carbons (Fsp3) is 0.250. The lowest BCUT2D eigenvalue weighted by atomic mass is 10.0. The van der Waals surface area contributed by atoms with Crippen LogP contribution in [0.1, 0.15) is 24.0 Å². The molecule has 21 heavy (non-hydrogen) atoms. The molecule has 0 saturated heterocycles. The summed E-state index contributed by atoms with van der Waals surface area (Å²) in [6, 6.07) is 13.7. The van der Waals surface area contributed by atoms with Crippen molar-refractivity contribution in [1.82, 2.24) is 0 Å². The lowest BCUT2D eigenvalue weighted by molar-refractivity contribution is -0.136. The van der Waals surface area contributed by atoms with Gasteiger partial charge in [-0.15, -0.1) is 0 Å². The van der Waals surface area contributed by atoms with E-state index < -0.39 is 11.7 Å². The van der Waals surface area contributed by atoms with Gasteiger partial charge in [0.1, 0.15) is 0 Å². The quantitative estimate of drug-likeness (QED) is 0.815. The minimum absolute atomic E-state index is 0.193. The van der Waals surface area contributed by atoms with Crippen LogP contribution in [-0.2, 0) is 6.18 Å². The lowest BCUT2D eigenvalue weighted by Crippen LogP contribution is -2.12. The van der Waals surface area contributed by atoms with E-state index >= 15 is 0 Å². The van der Waals surface area contributed by atoms with Crippen LogP contribution >= 0.6 is 0 Å². The molecule has 0 radical (unpaired) electrons. The summed E-state index contributed by atoms with van der Waals surface area (Å²) in [4.78, 5) is 0. The van der Waals surface area contributed by atoms with Gasteiger partial charge in [-0.3, -0.25) is 0 Å². The van der Waals surface area contributed by atoms with E-state index in [1.54, 1.807) is 6.07 Å². The summed E-state index contributed by atoms with van der Waals surface area (Å²) in [5.41, 5.74) is 5.86. The van der Waals surface area contributed by atoms with E-state index in [9.17, 15) is 13.2 Å². The van der Waals surface area contributed by atoms with Gasteiger partial charge in [0, 0.05) is 17.9 Å². The van der Waals surface area contributed by atoms with Gasteiger partial charge in [0.15, 0.2) is 0 Å². The molecule has 0 aliphatic heterocycles. The molecule has 1 unspecified atom stereocenters. The highest BCUT2D eigenvalue weighted by molar-refractivity contribution is 5.58. The minimum Gasteiger partial charge on any atom is -0.398 e. The van der Waals surface area contributed by atoms with Crippen LogP contribution in [-0.4, -0.2) is 6.54 Å². The molecule has 2 nitrogen and oxygen atoms in total. The maximum Gasteiger partial charge on any atom is 0.418 e. The first kappa shape index (κ1) is 15.2. The van der Waals surface area contributed by atoms with Gasteiger partial charge in [0.25, 0.3) is 0 Å². The summed E-state index contributed by atoms with van der Waals surface area (Å²) < 4.78 is 38.4. The average molecular weight is 294 g/mol. The molecule has 5 heteroatoms. The molecule has 0 bridgehead atoms. The Morgan fingerprint density at radius 1 is 1.10 bits per heavy atom. The van der Waals surface area contributed by atoms with Crippen LogP contribution in [0.4, 0.5) is 24.5 Å². The molecule has 0 amide bonds. The molecule has 0 aliphatic carbocycles. The molecule has 3 N–H and O–H groups in total. The van der Waals surface area contributed by atoms with Crippen molar-refractivity contribution in [2.45, 2.75) is 19.0 Å². The Labute approximate surface area is 121 Å². The molecule has 2 aromatic rings. The summed E-state index contributed by atoms with van der Waals surface area (Å²) >= 11 is 0. The smallest absolute Gasteiger partial charge is 0.398 e. The number of rotatable bonds is 4. The second kappa shape index (κ2) is 6.08. The number of benzene rings is 2. The molecule has 0 aromatic heterocycles. The standard InChI is InChI=1S/C16H17F3N2/c1-11(12-5-3-2-4-6-12)10-21-13-7-8-15(20)14(9-13)16(17,18)19/h2-9,11,21H,10,20H2,1H3. The number of nitrogen functional groups attached to an aromatic ring is 1. The fourth-order valence-corrected chi connectivity index (χ4v) is 2.08. The first-order valence-electron chi connectivity index (χ1n) is 6.63. The van der Waals surface area contributed by atoms with E-state index in [0.29, 0.717) is 12.2 Å². The Balaban J connectivity index is 2.07. The van der Waals surface area contributed by atoms with E-state index in [1.165, 1.54) is 6.07 Å². The number of anilines is 2. The molecule has 2 rings (SSSR count). The highest BCUT2D eigenvalue weighted by Crippen LogP contribution is 2.35. The van der Waals surface area contributed by atoms with E-state index in [4.69, 9.17) is 5.73 Å². The van der Waals surface area contributed by atoms with Crippen molar-refractivity contribution in [3.63, 3.8) is 0 Å². The van der Waals surface area contributed by atoms with E-state index in [-0.39, 0.29) is 11.6 Å². The Hall–Kier alpha value is -2.17. The Morgan fingerprint density at radius 3 is 2.38 bits per heavy atom. The Kier molecular flexibility index (Phi) is 4.40. The van der Waals surface area contributed by atoms with Gasteiger partial charge in [0.2, 0.25) is 0 Å². The third-order valence-corrected chi connectivity index (χ3v) is 3.34. The van der Waals surface area contributed by atoms with Gasteiger partial charge >= 0.3 is 6.18 Å². The van der Waals surface area contributed by atoms with Crippen molar-refractivity contribution in [2.75, 3.05) is 17.6 Å². The average Bonchev–Trinajstić information content (AvgIpc) is 2.45. The van der Waals surface area contributed by atoms with Crippen molar-refractivity contribution < 1.29 is 13.2 Å². The Bertz CT molecular complexity index is 594. The lowest BCUT2D eigenvalue weighted by Gasteiger charge is -2.16. The molecule has 0 saturated carbocycles. The molecule has 112 valence electrons. The summed E-state index contributed by atoms with van der Waals surface area (Å²) in [6.45, 7) is 2.57. The van der Waals surface area contributed by atoms with Gasteiger partial charge in [-0.1, -0.05) is 37.3 Å². The largest absolute Gasteiger partial charge is 0.418 e. The Morgan fingerprint density at radius 2 is 1.76 bits per heavy atom. The maximum atomic E-state index is 12.8. The molecule has 1 atom stereocenters. The van der Waals surface area contributed by atoms with Crippen molar-refractivity contribution in [3.05, 3.63) is 59.7 Å². The predicted molar refractivity (Wildman–Crippen MR) is 79.2 cm³/mol. The van der Waals surface area contributed by atoms with Gasteiger partial charge in [-0.2, -0.15) is 13.2 Å². The van der Waals surface area contributed by atoms with Crippen LogP contribution in [0.3, 0.4) is 0 Å². The van der Waals surface area contributed by atoms with Crippen LogP contribution in [0.2, 0.25) is 0 Å². The van der Waals surface area contributed by atoms with Crippen molar-refractivity contribution in [3.8, 4) is 0 Å². The number of hydrogen-bond acceptors (Lipinski definition) is 2. The monoisotopic (exact) mass is 294 g/mol. The van der Waals surface area contributed by atoms with Crippen LogP contribution in [0.25, 0.3) is 0 Å². The van der Waals surface area contributed by atoms with Crippen LogP contribution in [0.15, 0.2) is 48.5 Å². The van der Waals surface area contributed by atoms with Crippen LogP contribution in [0.5, 0.6) is 0 Å². The van der Waals surface area contributed by atoms with Crippen LogP contribution < -0.4 is 11.1 Å². The number of hydrogen-bond donors (Lipinski definition) is 2. The van der Waals surface area contributed by atoms with Gasteiger partial charge in [0.05, 0.1) is 5.56 Å². The number of alkyl halides is 3. The molecule has 0 spiro atoms. The number of nitrogens with two attached hydrogens (primary N) is 1. The maximum absolute atomic E-state index is 12.8. The zero-order chi connectivity index (χ0) is 15.5. The van der Waals surface area contributed by atoms with Crippen molar-refractivity contribution in [2.24, 2.45) is 0 Å². The normalized spacial score (nSPS) is 13.0. The van der Waals surface area contributed by atoms with Gasteiger partial charge in [-0.05, 0) is 29.7 Å². The van der Waals surface area contributed by atoms with E-state index in [0.717, 1.165) is 11.6 Å². The van der Waals surface area contributed by atoms with Gasteiger partial charge in [-0.25, -0.2) is 0 Å². The zero-order valence-electron chi connectivity index (χ0n) is 11.6. The molecular weight excluding hydrogens is 277 g/mol. The number of halogens is 3. The second-order valence-electron chi connectivity index (χ2n) is 4.99. The minimum atomic E-state index is -4.44. The summed E-state index contributed by atoms with van der Waals surface area (Å²) in [5.74, 6) is 0.193. The van der Waals surface area contributed by atoms with E-state index in [2.05, 4.69) is 5.32 Å². The molecule has 0 aliphatic rings. The van der Waals surface area contributed by atoms with Crippen molar-refractivity contribution >= 4 is 11.4 Å². The third-order valence-electron chi connectivity index (χ3n) is 3.34. The third kappa shape index (κ3) is 3.90. The van der Waals surface area contributed by atoms with Gasteiger partial charge < -0.3 is 11.1 Å². The highest BCUT2D eigenvalue weighted by atomic mass is 19.4. The molecule has 2 aromatic carbocycles. The zero-order valence-corrected chi connectivity index (χ0v) is 11.6. The summed E-state index contributed by atoms with van der Waals surface area (Å²) in [6.07, 6.45) is -4.44. The first-order chi connectivity index (χ1) is 9.88. The topological polar surface area (TPSA) is 38.0 Å². The highest BCUT2D eigenvalue weighted by Gasteiger charge is 2.33. The van der Waals surface area contributed by atoms with Crippen molar-refractivity contribution in [1.29, 1.82) is 0 Å². The summed E-state index contributed by atoms with van der Waals surface area (Å²) in [5, 5.41) is 3.03. The molecule has 0 heterocycles. The fourth-order valence-electron chi connectivity index (χ4n) is 2.08. The first-order valence-corrected chi connectivity index (χ1v) is 6.63. The van der Waals surface area contributed by atoms with E-state index in [1.807, 2.05) is 37.3 Å². The van der Waals surface area contributed by atoms with Crippen LogP contribution in [0, 0.1) is 0 Å². The molecular formula is C16H17F3N2. The SMILES string of the molecule is CC(CNc1ccc(N)c(C(F)(F)F)c1)c1ccccc1.